The fourth-order valence-electron chi connectivity index (χ4n) is 4.73. The number of nitrogens with zero attached hydrogens (tertiary/aromatic N) is 2. The van der Waals surface area contributed by atoms with E-state index in [9.17, 15) is 14.7 Å². The van der Waals surface area contributed by atoms with Crippen LogP contribution in [-0.4, -0.2) is 26.8 Å². The Balaban J connectivity index is 1.37. The van der Waals surface area contributed by atoms with Gasteiger partial charge in [-0.3, -0.25) is 4.79 Å². The van der Waals surface area contributed by atoms with Crippen LogP contribution in [0.5, 0.6) is 5.75 Å². The van der Waals surface area contributed by atoms with Crippen molar-refractivity contribution in [3.8, 4) is 17.0 Å². The van der Waals surface area contributed by atoms with Gasteiger partial charge in [-0.1, -0.05) is 68.6 Å². The van der Waals surface area contributed by atoms with Gasteiger partial charge in [0.1, 0.15) is 5.75 Å². The number of halogens is 2. The van der Waals surface area contributed by atoms with E-state index < -0.39 is 0 Å². The third kappa shape index (κ3) is 6.42. The number of carbonyl (C=O) groups is 2. The molecular formula is C32H32Cl2N4O3. The number of rotatable bonds is 6. The van der Waals surface area contributed by atoms with Crippen LogP contribution < -0.4 is 10.6 Å². The SMILES string of the molecule is CC(C)(C)c1ccc(C(=O)Nc2ccc(O)c(-c3cc(C4CCC4)n(C(=O)NCc4ccc(Cl)c(Cl)c4)n3)c2)cc1. The Hall–Kier alpha value is -3.81. The van der Waals surface area contributed by atoms with Gasteiger partial charge in [-0.2, -0.15) is 9.78 Å². The van der Waals surface area contributed by atoms with Crippen LogP contribution in [-0.2, 0) is 12.0 Å². The summed E-state index contributed by atoms with van der Waals surface area (Å²) in [5.74, 6) is -0.0592. The monoisotopic (exact) mass is 590 g/mol. The van der Waals surface area contributed by atoms with Crippen LogP contribution in [0.1, 0.15) is 73.1 Å². The molecule has 1 heterocycles. The number of aromatic hydroxyl groups is 1. The summed E-state index contributed by atoms with van der Waals surface area (Å²) in [6.45, 7) is 6.61. The first-order chi connectivity index (χ1) is 19.5. The minimum absolute atomic E-state index is 0.00134. The van der Waals surface area contributed by atoms with Crippen LogP contribution in [0.4, 0.5) is 10.5 Å². The topological polar surface area (TPSA) is 96.2 Å². The molecule has 3 aromatic carbocycles. The Morgan fingerprint density at radius 3 is 2.34 bits per heavy atom. The van der Waals surface area contributed by atoms with Gasteiger partial charge in [0.15, 0.2) is 0 Å². The average molecular weight is 592 g/mol. The van der Waals surface area contributed by atoms with Crippen LogP contribution in [0.3, 0.4) is 0 Å². The third-order valence-electron chi connectivity index (χ3n) is 7.42. The van der Waals surface area contributed by atoms with E-state index in [1.54, 1.807) is 42.5 Å². The molecule has 5 rings (SSSR count). The van der Waals surface area contributed by atoms with Gasteiger partial charge in [0.2, 0.25) is 0 Å². The molecule has 2 amide bonds. The van der Waals surface area contributed by atoms with Crippen molar-refractivity contribution in [1.82, 2.24) is 15.1 Å². The van der Waals surface area contributed by atoms with Crippen LogP contribution >= 0.6 is 23.2 Å². The van der Waals surface area contributed by atoms with Gasteiger partial charge in [0, 0.05) is 29.3 Å². The van der Waals surface area contributed by atoms with Crippen LogP contribution in [0.15, 0.2) is 66.7 Å². The molecule has 0 bridgehead atoms. The van der Waals surface area contributed by atoms with Crippen LogP contribution in [0, 0.1) is 0 Å². The smallest absolute Gasteiger partial charge is 0.342 e. The van der Waals surface area contributed by atoms with E-state index in [4.69, 9.17) is 23.2 Å². The molecule has 1 fully saturated rings. The largest absolute Gasteiger partial charge is 0.507 e. The lowest BCUT2D eigenvalue weighted by atomic mass is 9.82. The summed E-state index contributed by atoms with van der Waals surface area (Å²) < 4.78 is 1.37. The van der Waals surface area contributed by atoms with E-state index in [-0.39, 0.29) is 35.6 Å². The lowest BCUT2D eigenvalue weighted by Gasteiger charge is -2.25. The highest BCUT2D eigenvalue weighted by Crippen LogP contribution is 2.39. The molecule has 0 unspecified atom stereocenters. The maximum atomic E-state index is 13.2. The van der Waals surface area contributed by atoms with E-state index in [0.29, 0.717) is 32.6 Å². The van der Waals surface area contributed by atoms with Crippen molar-refractivity contribution in [2.75, 3.05) is 5.32 Å². The van der Waals surface area contributed by atoms with E-state index >= 15 is 0 Å². The van der Waals surface area contributed by atoms with Crippen molar-refractivity contribution in [1.29, 1.82) is 0 Å². The Labute approximate surface area is 249 Å². The zero-order valence-corrected chi connectivity index (χ0v) is 24.7. The minimum atomic E-state index is -0.383. The maximum Gasteiger partial charge on any atom is 0.342 e. The van der Waals surface area contributed by atoms with E-state index in [2.05, 4.69) is 36.5 Å². The van der Waals surface area contributed by atoms with Gasteiger partial charge in [-0.25, -0.2) is 4.79 Å². The van der Waals surface area contributed by atoms with Crippen molar-refractivity contribution in [3.63, 3.8) is 0 Å². The van der Waals surface area contributed by atoms with Crippen LogP contribution in [0.25, 0.3) is 11.3 Å². The Morgan fingerprint density at radius 2 is 1.71 bits per heavy atom. The van der Waals surface area contributed by atoms with E-state index in [0.717, 1.165) is 36.1 Å². The van der Waals surface area contributed by atoms with Gasteiger partial charge < -0.3 is 15.7 Å². The summed E-state index contributed by atoms with van der Waals surface area (Å²) in [5, 5.41) is 22.0. The van der Waals surface area contributed by atoms with Crippen molar-refractivity contribution < 1.29 is 14.7 Å². The van der Waals surface area contributed by atoms with Gasteiger partial charge in [-0.15, -0.1) is 0 Å². The lowest BCUT2D eigenvalue weighted by molar-refractivity contribution is 0.102. The standard InChI is InChI=1S/C32H32Cl2N4O3/c1-32(2,3)22-10-8-21(9-11-22)30(40)36-23-12-14-29(39)24(16-23)27-17-28(20-5-4-6-20)38(37-27)31(41)35-18-19-7-13-25(33)26(34)15-19/h7-17,20,39H,4-6,18H2,1-3H3,(H,35,41)(H,36,40). The molecule has 41 heavy (non-hydrogen) atoms. The van der Waals surface area contributed by atoms with Gasteiger partial charge >= 0.3 is 6.03 Å². The number of amides is 2. The molecule has 0 atom stereocenters. The van der Waals surface area contributed by atoms with Crippen molar-refractivity contribution in [2.24, 2.45) is 0 Å². The number of nitrogens with one attached hydrogen (secondary N) is 2. The Kier molecular flexibility index (Phi) is 8.11. The Morgan fingerprint density at radius 1 is 0.976 bits per heavy atom. The van der Waals surface area contributed by atoms with Crippen molar-refractivity contribution in [3.05, 3.63) is 99.2 Å². The maximum absolute atomic E-state index is 13.2. The highest BCUT2D eigenvalue weighted by Gasteiger charge is 2.28. The molecule has 3 N–H and O–H groups in total. The molecule has 1 aliphatic carbocycles. The second-order valence-corrected chi connectivity index (χ2v) is 12.2. The molecule has 0 aliphatic heterocycles. The van der Waals surface area contributed by atoms with Gasteiger partial charge in [0.05, 0.1) is 21.4 Å². The molecule has 1 saturated carbocycles. The molecule has 7 nitrogen and oxygen atoms in total. The normalized spacial score (nSPS) is 13.5. The summed E-state index contributed by atoms with van der Waals surface area (Å²) in [4.78, 5) is 26.2. The second-order valence-electron chi connectivity index (χ2n) is 11.4. The number of anilines is 1. The first kappa shape index (κ1) is 28.7. The fraction of sp³-hybridized carbons (Fsp3) is 0.281. The highest BCUT2D eigenvalue weighted by atomic mass is 35.5. The summed E-state index contributed by atoms with van der Waals surface area (Å²) in [7, 11) is 0. The predicted octanol–water partition coefficient (Wildman–Crippen LogP) is 8.14. The summed E-state index contributed by atoms with van der Waals surface area (Å²) in [6.07, 6.45) is 3.00. The van der Waals surface area contributed by atoms with Crippen molar-refractivity contribution in [2.45, 2.75) is 57.9 Å². The molecule has 1 aliphatic rings. The molecule has 0 radical (unpaired) electrons. The number of hydrogen-bond acceptors (Lipinski definition) is 4. The zero-order valence-electron chi connectivity index (χ0n) is 23.2. The average Bonchev–Trinajstić information content (AvgIpc) is 3.33. The number of carbonyl (C=O) groups excluding carboxylic acids is 2. The molecule has 1 aromatic heterocycles. The summed E-state index contributed by atoms with van der Waals surface area (Å²) in [6, 6.07) is 19.0. The third-order valence-corrected chi connectivity index (χ3v) is 8.16. The molecule has 4 aromatic rings. The summed E-state index contributed by atoms with van der Waals surface area (Å²) >= 11 is 12.1. The van der Waals surface area contributed by atoms with Gasteiger partial charge in [-0.05, 0) is 77.9 Å². The van der Waals surface area contributed by atoms with Crippen LogP contribution in [0.2, 0.25) is 10.0 Å². The number of aromatic nitrogens is 2. The quantitative estimate of drug-likeness (QED) is 0.197. The van der Waals surface area contributed by atoms with Crippen molar-refractivity contribution >= 4 is 40.8 Å². The number of benzene rings is 3. The number of phenolic OH excluding ortho intramolecular Hbond substituents is 1. The zero-order chi connectivity index (χ0) is 29.3. The van der Waals surface area contributed by atoms with E-state index in [1.165, 1.54) is 10.7 Å². The fourth-order valence-corrected chi connectivity index (χ4v) is 5.05. The first-order valence-electron chi connectivity index (χ1n) is 13.6. The molecule has 9 heteroatoms. The molecule has 212 valence electrons. The number of phenols is 1. The first-order valence-corrected chi connectivity index (χ1v) is 14.3. The van der Waals surface area contributed by atoms with E-state index in [1.807, 2.05) is 18.2 Å². The summed E-state index contributed by atoms with van der Waals surface area (Å²) in [5.41, 5.74) is 4.62. The molecule has 0 spiro atoms. The molecule has 0 saturated heterocycles. The number of hydrogen-bond donors (Lipinski definition) is 3. The highest BCUT2D eigenvalue weighted by molar-refractivity contribution is 6.42. The molecular weight excluding hydrogens is 559 g/mol. The second kappa shape index (κ2) is 11.6. The van der Waals surface area contributed by atoms with Gasteiger partial charge in [0.25, 0.3) is 5.91 Å². The predicted molar refractivity (Wildman–Crippen MR) is 163 cm³/mol. The Bertz CT molecular complexity index is 1600. The lowest BCUT2D eigenvalue weighted by Crippen LogP contribution is -2.31. The minimum Gasteiger partial charge on any atom is -0.507 e.